The van der Waals surface area contributed by atoms with Crippen LogP contribution in [-0.2, 0) is 29.1 Å². The smallest absolute Gasteiger partial charge is 0.339 e. The Balaban J connectivity index is 1.68. The largest absolute Gasteiger partial charge is 0.478 e. The van der Waals surface area contributed by atoms with E-state index in [2.05, 4.69) is 43.0 Å². The Bertz CT molecular complexity index is 2270. The fourth-order valence-electron chi connectivity index (χ4n) is 4.07. The van der Waals surface area contributed by atoms with Gasteiger partial charge in [-0.2, -0.15) is 18.6 Å². The Labute approximate surface area is 296 Å². The third-order valence-corrected chi connectivity index (χ3v) is 7.89. The maximum Gasteiger partial charge on any atom is 0.339 e. The lowest BCUT2D eigenvalue weighted by Crippen LogP contribution is -2.08. The number of esters is 2. The standard InChI is InChI=1S/C32H22N4O14S2/c1-3-29(37)47-25-11-7-19(15-21(25)31(39)40)33-35-23-9-5-17(13-27(23)51-50-49-43)18-6-10-24(28(14-18)52(44,45)46)36-34-20-8-12-26(48-30(38)4-2)22(16-20)32(41)42/h3-16,43H,1-2H2,(H,39,40)(H,41,42)(H,44,45,46)/b35-33+,36-34+. The van der Waals surface area contributed by atoms with Crippen molar-refractivity contribution in [1.82, 2.24) is 0 Å². The van der Waals surface area contributed by atoms with E-state index in [-0.39, 0.29) is 50.3 Å². The van der Waals surface area contributed by atoms with Crippen molar-refractivity contribution in [3.63, 3.8) is 0 Å². The van der Waals surface area contributed by atoms with Crippen LogP contribution in [0.5, 0.6) is 11.5 Å². The number of benzene rings is 4. The van der Waals surface area contributed by atoms with E-state index in [0.29, 0.717) is 17.6 Å². The van der Waals surface area contributed by atoms with Crippen molar-refractivity contribution in [3.8, 4) is 22.6 Å². The molecule has 52 heavy (non-hydrogen) atoms. The normalized spacial score (nSPS) is 11.3. The predicted octanol–water partition coefficient (Wildman–Crippen LogP) is 7.44. The second-order valence-corrected chi connectivity index (χ2v) is 11.8. The van der Waals surface area contributed by atoms with Gasteiger partial charge in [0.15, 0.2) is 0 Å². The summed E-state index contributed by atoms with van der Waals surface area (Å²) in [6.45, 7) is 6.49. The fraction of sp³-hybridized carbons (Fsp3) is 0. The van der Waals surface area contributed by atoms with Gasteiger partial charge in [-0.1, -0.05) is 30.3 Å². The van der Waals surface area contributed by atoms with E-state index >= 15 is 0 Å². The molecule has 4 aromatic rings. The summed E-state index contributed by atoms with van der Waals surface area (Å²) in [6.07, 6.45) is 1.70. The maximum atomic E-state index is 12.4. The van der Waals surface area contributed by atoms with E-state index in [1.54, 1.807) is 0 Å². The quantitative estimate of drug-likeness (QED) is 0.0134. The average Bonchev–Trinajstić information content (AvgIpc) is 3.12. The molecule has 0 saturated heterocycles. The topological polar surface area (TPSA) is 270 Å². The van der Waals surface area contributed by atoms with Crippen LogP contribution in [-0.4, -0.2) is 52.3 Å². The molecule has 4 aromatic carbocycles. The molecule has 0 spiro atoms. The molecule has 0 unspecified atom stereocenters. The van der Waals surface area contributed by atoms with E-state index in [4.69, 9.17) is 14.7 Å². The summed E-state index contributed by atoms with van der Waals surface area (Å²) in [4.78, 5) is 45.9. The molecule has 0 aromatic heterocycles. The number of carboxylic acid groups (broad SMARTS) is 2. The van der Waals surface area contributed by atoms with Crippen molar-refractivity contribution in [2.24, 2.45) is 20.5 Å². The lowest BCUT2D eigenvalue weighted by atomic mass is 10.0. The minimum atomic E-state index is -4.91. The van der Waals surface area contributed by atoms with Crippen LogP contribution in [0.3, 0.4) is 0 Å². The van der Waals surface area contributed by atoms with E-state index < -0.39 is 44.5 Å². The number of ether oxygens (including phenoxy) is 2. The number of hydrogen-bond acceptors (Lipinski definition) is 16. The highest BCUT2D eigenvalue weighted by Crippen LogP contribution is 2.38. The molecule has 0 heterocycles. The molecule has 0 amide bonds. The molecule has 0 aliphatic carbocycles. The summed E-state index contributed by atoms with van der Waals surface area (Å²) in [7, 11) is -4.91. The van der Waals surface area contributed by atoms with Gasteiger partial charge in [0, 0.05) is 12.2 Å². The molecule has 266 valence electrons. The van der Waals surface area contributed by atoms with Crippen LogP contribution in [0.2, 0.25) is 0 Å². The van der Waals surface area contributed by atoms with E-state index in [1.807, 2.05) is 0 Å². The highest BCUT2D eigenvalue weighted by molar-refractivity contribution is 7.94. The Kier molecular flexibility index (Phi) is 12.5. The van der Waals surface area contributed by atoms with Crippen molar-refractivity contribution in [2.75, 3.05) is 0 Å². The monoisotopic (exact) mass is 750 g/mol. The number of rotatable bonds is 15. The first-order valence-electron chi connectivity index (χ1n) is 13.9. The van der Waals surface area contributed by atoms with Gasteiger partial charge in [0.25, 0.3) is 10.1 Å². The lowest BCUT2D eigenvalue weighted by Gasteiger charge is -2.10. The Hall–Kier alpha value is -6.42. The summed E-state index contributed by atoms with van der Waals surface area (Å²) >= 11 is 0.476. The Morgan fingerprint density at radius 3 is 1.62 bits per heavy atom. The van der Waals surface area contributed by atoms with Crippen LogP contribution in [0, 0.1) is 0 Å². The molecule has 0 fully saturated rings. The molecule has 18 nitrogen and oxygen atoms in total. The summed E-state index contributed by atoms with van der Waals surface area (Å²) in [5, 5.41) is 47.3. The first-order chi connectivity index (χ1) is 24.7. The SMILES string of the molecule is C=CC(=O)Oc1ccc(/N=N/c2ccc(-c3ccc(/N=N/c4ccc(OC(=O)C=C)c(C(=O)O)c4)c(S(=O)(=O)O)c3)cc2SOOO)cc1C(=O)O. The molecule has 4 N–H and O–H groups in total. The van der Waals surface area contributed by atoms with Crippen LogP contribution in [0.25, 0.3) is 11.1 Å². The zero-order valence-electron chi connectivity index (χ0n) is 26.0. The van der Waals surface area contributed by atoms with Crippen LogP contribution in [0.15, 0.2) is 128 Å². The molecular formula is C32H22N4O14S2. The van der Waals surface area contributed by atoms with Gasteiger partial charge in [-0.25, -0.2) is 24.4 Å². The third-order valence-electron chi connectivity index (χ3n) is 6.37. The molecule has 0 atom stereocenters. The Morgan fingerprint density at radius 1 is 0.673 bits per heavy atom. The number of hydrogen-bond donors (Lipinski definition) is 4. The molecule has 0 radical (unpaired) electrons. The number of azo groups is 2. The zero-order valence-corrected chi connectivity index (χ0v) is 27.6. The molecule has 4 rings (SSSR count). The highest BCUT2D eigenvalue weighted by Gasteiger charge is 2.20. The van der Waals surface area contributed by atoms with E-state index in [0.717, 1.165) is 36.4 Å². The second-order valence-electron chi connectivity index (χ2n) is 9.69. The van der Waals surface area contributed by atoms with Gasteiger partial charge in [-0.05, 0) is 71.8 Å². The number of carbonyl (C=O) groups excluding carboxylic acids is 2. The zero-order chi connectivity index (χ0) is 38.0. The van der Waals surface area contributed by atoms with Gasteiger partial charge in [0.1, 0.15) is 38.9 Å². The van der Waals surface area contributed by atoms with Gasteiger partial charge in [0.05, 0.1) is 28.3 Å². The average molecular weight is 751 g/mol. The third kappa shape index (κ3) is 9.85. The van der Waals surface area contributed by atoms with Crippen LogP contribution >= 0.6 is 12.0 Å². The number of aromatic carboxylic acids is 2. The Morgan fingerprint density at radius 2 is 1.15 bits per heavy atom. The van der Waals surface area contributed by atoms with Crippen LogP contribution in [0.4, 0.5) is 22.7 Å². The van der Waals surface area contributed by atoms with E-state index in [1.165, 1.54) is 48.5 Å². The first-order valence-corrected chi connectivity index (χ1v) is 16.1. The number of carbonyl (C=O) groups is 4. The molecule has 0 bridgehead atoms. The minimum absolute atomic E-state index is 0.0453. The van der Waals surface area contributed by atoms with Gasteiger partial charge in [-0.15, -0.1) is 14.6 Å². The summed E-state index contributed by atoms with van der Waals surface area (Å²) in [5.74, 6) is -5.19. The summed E-state index contributed by atoms with van der Waals surface area (Å²) in [6, 6.07) is 15.1. The van der Waals surface area contributed by atoms with Crippen LogP contribution in [0.1, 0.15) is 20.7 Å². The highest BCUT2D eigenvalue weighted by atomic mass is 32.2. The van der Waals surface area contributed by atoms with Gasteiger partial charge < -0.3 is 19.7 Å². The van der Waals surface area contributed by atoms with Gasteiger partial charge >= 0.3 is 23.9 Å². The fourth-order valence-corrected chi connectivity index (χ4v) is 5.20. The summed E-state index contributed by atoms with van der Waals surface area (Å²) in [5.41, 5.74) is -0.522. The van der Waals surface area contributed by atoms with Crippen molar-refractivity contribution in [3.05, 3.63) is 109 Å². The molecular weight excluding hydrogens is 729 g/mol. The maximum absolute atomic E-state index is 12.4. The van der Waals surface area contributed by atoms with Crippen molar-refractivity contribution in [1.29, 1.82) is 0 Å². The lowest BCUT2D eigenvalue weighted by molar-refractivity contribution is -0.432. The first kappa shape index (κ1) is 38.4. The van der Waals surface area contributed by atoms with Crippen LogP contribution < -0.4 is 9.47 Å². The molecule has 20 heteroatoms. The van der Waals surface area contributed by atoms with Crippen molar-refractivity contribution >= 4 is 68.8 Å². The second kappa shape index (κ2) is 17.0. The minimum Gasteiger partial charge on any atom is -0.478 e. The van der Waals surface area contributed by atoms with Gasteiger partial charge in [-0.3, -0.25) is 4.55 Å². The number of carboxylic acids is 2. The van der Waals surface area contributed by atoms with Gasteiger partial charge in [0.2, 0.25) is 0 Å². The van der Waals surface area contributed by atoms with Crippen molar-refractivity contribution in [2.45, 2.75) is 9.79 Å². The molecule has 0 saturated carbocycles. The molecule has 0 aliphatic rings. The molecule has 0 aliphatic heterocycles. The summed E-state index contributed by atoms with van der Waals surface area (Å²) < 4.78 is 49.1. The predicted molar refractivity (Wildman–Crippen MR) is 179 cm³/mol. The van der Waals surface area contributed by atoms with Crippen molar-refractivity contribution < 1.29 is 66.5 Å². The number of nitrogens with zero attached hydrogens (tertiary/aromatic N) is 4. The van der Waals surface area contributed by atoms with E-state index in [9.17, 15) is 42.4 Å².